The molecule has 1 saturated heterocycles. The summed E-state index contributed by atoms with van der Waals surface area (Å²) in [6.07, 6.45) is 4.92. The number of likely N-dealkylation sites (tertiary alicyclic amines) is 1. The molecule has 0 radical (unpaired) electrons. The molecule has 0 unspecified atom stereocenters. The smallest absolute Gasteiger partial charge is 0.239 e. The van der Waals surface area contributed by atoms with Crippen molar-refractivity contribution in [3.8, 4) is 0 Å². The van der Waals surface area contributed by atoms with Gasteiger partial charge in [0.2, 0.25) is 5.91 Å². The number of nitrogens with zero attached hydrogens (tertiary/aromatic N) is 4. The van der Waals surface area contributed by atoms with E-state index in [9.17, 15) is 4.79 Å². The van der Waals surface area contributed by atoms with Crippen LogP contribution in [0.2, 0.25) is 0 Å². The Hall–Kier alpha value is -1.40. The Kier molecular flexibility index (Phi) is 7.24. The van der Waals surface area contributed by atoms with Crippen molar-refractivity contribution >= 4 is 11.7 Å². The Labute approximate surface area is 146 Å². The first-order valence-corrected chi connectivity index (χ1v) is 9.19. The third-order valence-corrected chi connectivity index (χ3v) is 4.81. The van der Waals surface area contributed by atoms with Gasteiger partial charge in [-0.05, 0) is 58.8 Å². The largest absolute Gasteiger partial charge is 0.310 e. The van der Waals surface area contributed by atoms with Gasteiger partial charge < -0.3 is 10.2 Å². The molecule has 136 valence electrons. The van der Waals surface area contributed by atoms with Crippen LogP contribution in [0, 0.1) is 12.8 Å². The van der Waals surface area contributed by atoms with E-state index in [4.69, 9.17) is 0 Å². The van der Waals surface area contributed by atoms with Crippen LogP contribution in [0.25, 0.3) is 0 Å². The normalized spacial score (nSPS) is 16.7. The first-order chi connectivity index (χ1) is 11.5. The number of anilines is 1. The Morgan fingerprint density at radius 3 is 2.71 bits per heavy atom. The van der Waals surface area contributed by atoms with Crippen LogP contribution in [-0.2, 0) is 11.8 Å². The van der Waals surface area contributed by atoms with Crippen LogP contribution < -0.4 is 5.32 Å². The van der Waals surface area contributed by atoms with Gasteiger partial charge in [-0.3, -0.25) is 14.4 Å². The van der Waals surface area contributed by atoms with Gasteiger partial charge in [-0.1, -0.05) is 13.3 Å². The molecular weight excluding hydrogens is 302 g/mol. The molecule has 1 fully saturated rings. The second-order valence-electron chi connectivity index (χ2n) is 7.18. The van der Waals surface area contributed by atoms with Crippen LogP contribution in [0.3, 0.4) is 0 Å². The summed E-state index contributed by atoms with van der Waals surface area (Å²) in [7, 11) is 4.08. The molecule has 1 amide bonds. The zero-order chi connectivity index (χ0) is 17.5. The van der Waals surface area contributed by atoms with Gasteiger partial charge in [-0.2, -0.15) is 5.10 Å². The average Bonchev–Trinajstić information content (AvgIpc) is 2.84. The number of aryl methyl sites for hydroxylation is 2. The topological polar surface area (TPSA) is 53.4 Å². The highest BCUT2D eigenvalue weighted by Gasteiger charge is 2.22. The number of carbonyl (C=O) groups excluding carboxylic acids is 1. The molecule has 1 aromatic rings. The van der Waals surface area contributed by atoms with E-state index in [2.05, 4.69) is 34.2 Å². The summed E-state index contributed by atoms with van der Waals surface area (Å²) in [6, 6.07) is 1.90. The van der Waals surface area contributed by atoms with Crippen LogP contribution in [-0.4, -0.2) is 65.3 Å². The summed E-state index contributed by atoms with van der Waals surface area (Å²) < 4.78 is 1.71. The minimum absolute atomic E-state index is 0.0523. The zero-order valence-electron chi connectivity index (χ0n) is 15.7. The van der Waals surface area contributed by atoms with Gasteiger partial charge in [-0.25, -0.2) is 0 Å². The van der Waals surface area contributed by atoms with E-state index in [0.29, 0.717) is 6.54 Å². The second kappa shape index (κ2) is 9.18. The van der Waals surface area contributed by atoms with Crippen molar-refractivity contribution in [3.63, 3.8) is 0 Å². The van der Waals surface area contributed by atoms with Crippen molar-refractivity contribution in [1.82, 2.24) is 19.6 Å². The van der Waals surface area contributed by atoms with E-state index in [1.807, 2.05) is 20.0 Å². The molecular formula is C18H33N5O. The molecule has 6 nitrogen and oxygen atoms in total. The maximum atomic E-state index is 12.2. The standard InChI is InChI=1S/C18H33N5O/c1-5-6-9-21(3)13-16-7-10-23(11-8-16)14-18(24)19-17-12-15(2)20-22(17)4/h12,16H,5-11,13-14H2,1-4H3,(H,19,24). The van der Waals surface area contributed by atoms with E-state index in [1.165, 1.54) is 38.8 Å². The molecule has 2 heterocycles. The minimum Gasteiger partial charge on any atom is -0.310 e. The molecule has 0 spiro atoms. The van der Waals surface area contributed by atoms with Crippen LogP contribution in [0.15, 0.2) is 6.07 Å². The van der Waals surface area contributed by atoms with Crippen LogP contribution in [0.4, 0.5) is 5.82 Å². The quantitative estimate of drug-likeness (QED) is 0.790. The lowest BCUT2D eigenvalue weighted by molar-refractivity contribution is -0.117. The van der Waals surface area contributed by atoms with Crippen molar-refractivity contribution in [2.45, 2.75) is 39.5 Å². The number of piperidine rings is 1. The number of carbonyl (C=O) groups is 1. The lowest BCUT2D eigenvalue weighted by atomic mass is 9.96. The van der Waals surface area contributed by atoms with E-state index < -0.39 is 0 Å². The number of nitrogens with one attached hydrogen (secondary N) is 1. The molecule has 0 atom stereocenters. The molecule has 0 aromatic carbocycles. The monoisotopic (exact) mass is 335 g/mol. The summed E-state index contributed by atoms with van der Waals surface area (Å²) in [4.78, 5) is 16.9. The summed E-state index contributed by atoms with van der Waals surface area (Å²) in [5, 5.41) is 7.21. The van der Waals surface area contributed by atoms with E-state index >= 15 is 0 Å². The SMILES string of the molecule is CCCCN(C)CC1CCN(CC(=O)Nc2cc(C)nn2C)CC1. The third kappa shape index (κ3) is 5.91. The molecule has 1 aromatic heterocycles. The lowest BCUT2D eigenvalue weighted by Gasteiger charge is -2.33. The maximum absolute atomic E-state index is 12.2. The lowest BCUT2D eigenvalue weighted by Crippen LogP contribution is -2.41. The van der Waals surface area contributed by atoms with Crippen LogP contribution in [0.5, 0.6) is 0 Å². The van der Waals surface area contributed by atoms with E-state index in [-0.39, 0.29) is 5.91 Å². The van der Waals surface area contributed by atoms with Gasteiger partial charge in [0.25, 0.3) is 0 Å². The first-order valence-electron chi connectivity index (χ1n) is 9.19. The summed E-state index contributed by atoms with van der Waals surface area (Å²) in [5.74, 6) is 1.59. The Bertz CT molecular complexity index is 519. The van der Waals surface area contributed by atoms with E-state index in [1.54, 1.807) is 4.68 Å². The predicted octanol–water partition coefficient (Wildman–Crippen LogP) is 2.11. The molecule has 6 heteroatoms. The molecule has 2 rings (SSSR count). The van der Waals surface area contributed by atoms with Crippen molar-refractivity contribution in [2.24, 2.45) is 13.0 Å². The molecule has 1 aliphatic rings. The Morgan fingerprint density at radius 2 is 2.12 bits per heavy atom. The zero-order valence-corrected chi connectivity index (χ0v) is 15.7. The van der Waals surface area contributed by atoms with Crippen molar-refractivity contribution in [1.29, 1.82) is 0 Å². The molecule has 1 aliphatic heterocycles. The third-order valence-electron chi connectivity index (χ3n) is 4.81. The number of amides is 1. The van der Waals surface area contributed by atoms with Crippen molar-refractivity contribution < 1.29 is 4.79 Å². The van der Waals surface area contributed by atoms with Crippen molar-refractivity contribution in [2.75, 3.05) is 45.1 Å². The fraction of sp³-hybridized carbons (Fsp3) is 0.778. The molecule has 0 saturated carbocycles. The highest BCUT2D eigenvalue weighted by molar-refractivity contribution is 5.91. The summed E-state index contributed by atoms with van der Waals surface area (Å²) >= 11 is 0. The molecule has 0 aliphatic carbocycles. The number of hydrogen-bond donors (Lipinski definition) is 1. The summed E-state index contributed by atoms with van der Waals surface area (Å²) in [5.41, 5.74) is 0.917. The number of aromatic nitrogens is 2. The number of rotatable bonds is 8. The van der Waals surface area contributed by atoms with Gasteiger partial charge in [0.1, 0.15) is 5.82 Å². The Morgan fingerprint density at radius 1 is 1.42 bits per heavy atom. The average molecular weight is 335 g/mol. The van der Waals surface area contributed by atoms with Crippen LogP contribution in [0.1, 0.15) is 38.3 Å². The van der Waals surface area contributed by atoms with Gasteiger partial charge in [0, 0.05) is 19.7 Å². The minimum atomic E-state index is 0.0523. The van der Waals surface area contributed by atoms with Gasteiger partial charge in [0.15, 0.2) is 0 Å². The van der Waals surface area contributed by atoms with E-state index in [0.717, 1.165) is 30.5 Å². The highest BCUT2D eigenvalue weighted by atomic mass is 16.2. The van der Waals surface area contributed by atoms with Crippen LogP contribution >= 0.6 is 0 Å². The fourth-order valence-electron chi connectivity index (χ4n) is 3.40. The first kappa shape index (κ1) is 18.9. The van der Waals surface area contributed by atoms with Gasteiger partial charge in [-0.15, -0.1) is 0 Å². The van der Waals surface area contributed by atoms with Gasteiger partial charge >= 0.3 is 0 Å². The van der Waals surface area contributed by atoms with Crippen molar-refractivity contribution in [3.05, 3.63) is 11.8 Å². The summed E-state index contributed by atoms with van der Waals surface area (Å²) in [6.45, 7) is 9.07. The highest BCUT2D eigenvalue weighted by Crippen LogP contribution is 2.18. The molecule has 24 heavy (non-hydrogen) atoms. The predicted molar refractivity (Wildman–Crippen MR) is 98.1 cm³/mol. The fourth-order valence-corrected chi connectivity index (χ4v) is 3.40. The molecule has 1 N–H and O–H groups in total. The molecule has 0 bridgehead atoms. The second-order valence-corrected chi connectivity index (χ2v) is 7.18. The number of hydrogen-bond acceptors (Lipinski definition) is 4. The maximum Gasteiger partial charge on any atom is 0.239 e. The number of unbranched alkanes of at least 4 members (excludes halogenated alkanes) is 1. The Balaban J connectivity index is 1.69. The van der Waals surface area contributed by atoms with Gasteiger partial charge in [0.05, 0.1) is 12.2 Å².